The maximum Gasteiger partial charge on any atom is 0.0900 e. The third-order valence-corrected chi connectivity index (χ3v) is 4.20. The van der Waals surface area contributed by atoms with Crippen LogP contribution in [0, 0.1) is 12.8 Å². The number of hydrogen-bond donors (Lipinski definition) is 1. The van der Waals surface area contributed by atoms with Crippen LogP contribution in [0.4, 0.5) is 0 Å². The average molecular weight is 335 g/mol. The van der Waals surface area contributed by atoms with Gasteiger partial charge in [-0.2, -0.15) is 0 Å². The molecule has 1 saturated heterocycles. The molecule has 0 radical (unpaired) electrons. The summed E-state index contributed by atoms with van der Waals surface area (Å²) in [6.07, 6.45) is 2.08. The number of aliphatic hydroxyl groups excluding tert-OH is 1. The molecule has 0 amide bonds. The lowest BCUT2D eigenvalue weighted by Gasteiger charge is -2.27. The van der Waals surface area contributed by atoms with E-state index in [4.69, 9.17) is 9.47 Å². The highest BCUT2D eigenvalue weighted by molar-refractivity contribution is 5.22. The van der Waals surface area contributed by atoms with Crippen molar-refractivity contribution in [2.24, 2.45) is 5.92 Å². The number of rotatable bonds is 10. The zero-order valence-corrected chi connectivity index (χ0v) is 15.4. The van der Waals surface area contributed by atoms with E-state index in [1.807, 2.05) is 0 Å². The molecular weight excluding hydrogens is 302 g/mol. The van der Waals surface area contributed by atoms with Gasteiger partial charge >= 0.3 is 0 Å². The molecule has 4 nitrogen and oxygen atoms in total. The maximum absolute atomic E-state index is 10.3. The summed E-state index contributed by atoms with van der Waals surface area (Å²) in [7, 11) is 0. The van der Waals surface area contributed by atoms with Crippen LogP contribution < -0.4 is 0 Å². The Hall–Kier alpha value is -0.940. The lowest BCUT2D eigenvalue weighted by Crippen LogP contribution is -2.39. The van der Waals surface area contributed by atoms with Crippen molar-refractivity contribution in [2.75, 3.05) is 32.9 Å². The highest BCUT2D eigenvalue weighted by atomic mass is 16.5. The minimum absolute atomic E-state index is 0.290. The van der Waals surface area contributed by atoms with Gasteiger partial charge in [0.2, 0.25) is 0 Å². The highest BCUT2D eigenvalue weighted by Crippen LogP contribution is 2.16. The summed E-state index contributed by atoms with van der Waals surface area (Å²) in [5, 5.41) is 10.3. The Morgan fingerprint density at radius 3 is 2.83 bits per heavy atom. The Balaban J connectivity index is 1.88. The van der Waals surface area contributed by atoms with Gasteiger partial charge in [-0.1, -0.05) is 43.7 Å². The van der Waals surface area contributed by atoms with E-state index in [0.717, 1.165) is 32.5 Å². The zero-order chi connectivity index (χ0) is 17.4. The van der Waals surface area contributed by atoms with E-state index in [9.17, 15) is 5.11 Å². The molecule has 4 heteroatoms. The van der Waals surface area contributed by atoms with Gasteiger partial charge in [-0.15, -0.1) is 0 Å². The summed E-state index contributed by atoms with van der Waals surface area (Å²) >= 11 is 0. The van der Waals surface area contributed by atoms with Gasteiger partial charge in [0.15, 0.2) is 0 Å². The molecule has 0 unspecified atom stereocenters. The number of benzene rings is 1. The topological polar surface area (TPSA) is 41.9 Å². The smallest absolute Gasteiger partial charge is 0.0900 e. The quantitative estimate of drug-likeness (QED) is 0.714. The molecule has 1 fully saturated rings. The monoisotopic (exact) mass is 335 g/mol. The van der Waals surface area contributed by atoms with E-state index < -0.39 is 6.10 Å². The molecule has 1 N–H and O–H groups in total. The van der Waals surface area contributed by atoms with Crippen molar-refractivity contribution in [3.63, 3.8) is 0 Å². The SMILES string of the molecule is Cc1cccc(CN(C[C@H](O)COCC(C)C)C[C@@H]2CCCO2)c1. The number of aryl methyl sites for hydroxylation is 1. The first kappa shape index (κ1) is 19.4. The molecule has 1 heterocycles. The summed E-state index contributed by atoms with van der Waals surface area (Å²) in [6.45, 7) is 10.6. The van der Waals surface area contributed by atoms with Crippen LogP contribution in [0.15, 0.2) is 24.3 Å². The van der Waals surface area contributed by atoms with Gasteiger partial charge in [0, 0.05) is 32.8 Å². The van der Waals surface area contributed by atoms with Gasteiger partial charge in [-0.05, 0) is 31.2 Å². The summed E-state index contributed by atoms with van der Waals surface area (Å²) in [5.74, 6) is 0.493. The van der Waals surface area contributed by atoms with E-state index in [1.165, 1.54) is 11.1 Å². The predicted molar refractivity (Wildman–Crippen MR) is 97.1 cm³/mol. The van der Waals surface area contributed by atoms with Crippen LogP contribution in [0.2, 0.25) is 0 Å². The lowest BCUT2D eigenvalue weighted by atomic mass is 10.1. The number of nitrogens with zero attached hydrogens (tertiary/aromatic N) is 1. The van der Waals surface area contributed by atoms with Crippen LogP contribution in [-0.4, -0.2) is 55.1 Å². The minimum atomic E-state index is -0.463. The third kappa shape index (κ3) is 7.31. The molecule has 24 heavy (non-hydrogen) atoms. The fourth-order valence-corrected chi connectivity index (χ4v) is 3.14. The molecule has 0 aromatic heterocycles. The molecule has 2 rings (SSSR count). The Kier molecular flexibility index (Phi) is 8.19. The fourth-order valence-electron chi connectivity index (χ4n) is 3.14. The predicted octanol–water partition coefficient (Wildman–Crippen LogP) is 3.01. The molecule has 136 valence electrons. The van der Waals surface area contributed by atoms with Crippen molar-refractivity contribution in [2.45, 2.75) is 52.4 Å². The number of aliphatic hydroxyl groups is 1. The maximum atomic E-state index is 10.3. The molecule has 0 spiro atoms. The van der Waals surface area contributed by atoms with Gasteiger partial charge in [-0.3, -0.25) is 4.90 Å². The third-order valence-electron chi connectivity index (χ3n) is 4.20. The van der Waals surface area contributed by atoms with Gasteiger partial charge in [0.25, 0.3) is 0 Å². The van der Waals surface area contributed by atoms with Crippen molar-refractivity contribution in [1.82, 2.24) is 4.90 Å². The van der Waals surface area contributed by atoms with Crippen LogP contribution in [0.25, 0.3) is 0 Å². The molecule has 0 bridgehead atoms. The van der Waals surface area contributed by atoms with Crippen molar-refractivity contribution in [3.8, 4) is 0 Å². The lowest BCUT2D eigenvalue weighted by molar-refractivity contribution is -0.00390. The normalized spacial score (nSPS) is 19.3. The van der Waals surface area contributed by atoms with Crippen LogP contribution in [0.3, 0.4) is 0 Å². The van der Waals surface area contributed by atoms with Crippen LogP contribution in [0.5, 0.6) is 0 Å². The van der Waals surface area contributed by atoms with E-state index in [2.05, 4.69) is 49.9 Å². The van der Waals surface area contributed by atoms with E-state index in [0.29, 0.717) is 31.8 Å². The number of ether oxygens (including phenoxy) is 2. The molecule has 0 aliphatic carbocycles. The number of hydrogen-bond acceptors (Lipinski definition) is 4. The average Bonchev–Trinajstić information content (AvgIpc) is 2.99. The van der Waals surface area contributed by atoms with Gasteiger partial charge in [0.05, 0.1) is 18.8 Å². The Morgan fingerprint density at radius 1 is 1.33 bits per heavy atom. The molecular formula is C20H33NO3. The van der Waals surface area contributed by atoms with Crippen LogP contribution in [-0.2, 0) is 16.0 Å². The van der Waals surface area contributed by atoms with Crippen LogP contribution in [0.1, 0.15) is 37.8 Å². The standard InChI is InChI=1S/C20H33NO3/c1-16(2)14-23-15-19(22)12-21(13-20-8-5-9-24-20)11-18-7-4-6-17(3)10-18/h4,6-7,10,16,19-20,22H,5,8-9,11-15H2,1-3H3/t19-,20-/m0/s1. The van der Waals surface area contributed by atoms with Crippen molar-refractivity contribution in [1.29, 1.82) is 0 Å². The minimum Gasteiger partial charge on any atom is -0.389 e. The summed E-state index contributed by atoms with van der Waals surface area (Å²) in [6, 6.07) is 8.57. The van der Waals surface area contributed by atoms with Gasteiger partial charge in [0.1, 0.15) is 0 Å². The molecule has 0 saturated carbocycles. The Bertz CT molecular complexity index is 472. The Morgan fingerprint density at radius 2 is 2.17 bits per heavy atom. The zero-order valence-electron chi connectivity index (χ0n) is 15.4. The van der Waals surface area contributed by atoms with E-state index in [-0.39, 0.29) is 0 Å². The second-order valence-electron chi connectivity index (χ2n) is 7.40. The summed E-state index contributed by atoms with van der Waals surface area (Å²) in [5.41, 5.74) is 2.55. The fraction of sp³-hybridized carbons (Fsp3) is 0.700. The molecule has 2 atom stereocenters. The molecule has 1 aliphatic heterocycles. The first-order chi connectivity index (χ1) is 11.5. The van der Waals surface area contributed by atoms with Crippen LogP contribution >= 0.6 is 0 Å². The van der Waals surface area contributed by atoms with E-state index >= 15 is 0 Å². The first-order valence-electron chi connectivity index (χ1n) is 9.18. The largest absolute Gasteiger partial charge is 0.389 e. The second kappa shape index (κ2) is 10.1. The Labute approximate surface area is 146 Å². The highest BCUT2D eigenvalue weighted by Gasteiger charge is 2.21. The van der Waals surface area contributed by atoms with Gasteiger partial charge < -0.3 is 14.6 Å². The summed E-state index contributed by atoms with van der Waals surface area (Å²) in [4.78, 5) is 2.30. The van der Waals surface area contributed by atoms with Crippen molar-refractivity contribution < 1.29 is 14.6 Å². The second-order valence-corrected chi connectivity index (χ2v) is 7.40. The van der Waals surface area contributed by atoms with Crippen molar-refractivity contribution >= 4 is 0 Å². The van der Waals surface area contributed by atoms with E-state index in [1.54, 1.807) is 0 Å². The molecule has 1 aliphatic rings. The summed E-state index contributed by atoms with van der Waals surface area (Å²) < 4.78 is 11.4. The molecule has 1 aromatic carbocycles. The first-order valence-corrected chi connectivity index (χ1v) is 9.18. The van der Waals surface area contributed by atoms with Crippen molar-refractivity contribution in [3.05, 3.63) is 35.4 Å². The molecule has 1 aromatic rings. The van der Waals surface area contributed by atoms with Gasteiger partial charge in [-0.25, -0.2) is 0 Å².